The van der Waals surface area contributed by atoms with Gasteiger partial charge in [0.05, 0.1) is 12.2 Å². The van der Waals surface area contributed by atoms with Gasteiger partial charge in [-0.15, -0.1) is 0 Å². The van der Waals surface area contributed by atoms with Crippen LogP contribution in [0.3, 0.4) is 0 Å². The van der Waals surface area contributed by atoms with Gasteiger partial charge in [0.1, 0.15) is 6.10 Å². The molecule has 2 heterocycles. The normalized spacial score (nSPS) is 30.3. The van der Waals surface area contributed by atoms with Crippen molar-refractivity contribution >= 4 is 17.8 Å². The highest BCUT2D eigenvalue weighted by Crippen LogP contribution is 2.56. The molecule has 4 atom stereocenters. The average Bonchev–Trinajstić information content (AvgIpc) is 2.69. The predicted molar refractivity (Wildman–Crippen MR) is 96.2 cm³/mol. The molecule has 30 heavy (non-hydrogen) atoms. The quantitative estimate of drug-likeness (QED) is 0.725. The molecule has 4 rings (SSSR count). The lowest BCUT2D eigenvalue weighted by molar-refractivity contribution is -0.304. The maximum absolute atomic E-state index is 14.2. The molecule has 2 aliphatic heterocycles. The standard InChI is InChI=1S/C20H20F3NO6/c1-4-29-16(26)13-10-18(24-15(25)12-8-6-5-7-9-12)14(28-3)11(2)19(13,20(21,22)23)30-17(18)27/h5-11,14H,4H2,1-3H3,(H,24,25). The third-order valence-corrected chi connectivity index (χ3v) is 5.43. The Bertz CT molecular complexity index is 900. The number of amides is 1. The molecular weight excluding hydrogens is 407 g/mol. The van der Waals surface area contributed by atoms with Crippen LogP contribution in [0.25, 0.3) is 0 Å². The minimum absolute atomic E-state index is 0.159. The second-order valence-corrected chi connectivity index (χ2v) is 7.04. The van der Waals surface area contributed by atoms with E-state index in [4.69, 9.17) is 14.2 Å². The molecule has 1 N–H and O–H groups in total. The first-order valence-electron chi connectivity index (χ1n) is 9.16. The predicted octanol–water partition coefficient (Wildman–Crippen LogP) is 2.17. The van der Waals surface area contributed by atoms with Gasteiger partial charge in [0, 0.05) is 18.6 Å². The topological polar surface area (TPSA) is 90.9 Å². The fraction of sp³-hybridized carbons (Fsp3) is 0.450. The number of nitrogens with one attached hydrogen (secondary N) is 1. The summed E-state index contributed by atoms with van der Waals surface area (Å²) < 4.78 is 57.5. The van der Waals surface area contributed by atoms with Gasteiger partial charge in [0.25, 0.3) is 5.91 Å². The summed E-state index contributed by atoms with van der Waals surface area (Å²) in [6.07, 6.45) is -5.82. The number of rotatable bonds is 5. The summed E-state index contributed by atoms with van der Waals surface area (Å²) in [7, 11) is 1.12. The number of esters is 2. The van der Waals surface area contributed by atoms with Gasteiger partial charge in [-0.3, -0.25) is 4.79 Å². The van der Waals surface area contributed by atoms with Crippen LogP contribution in [0.15, 0.2) is 42.0 Å². The number of hydrogen-bond donors (Lipinski definition) is 1. The Balaban J connectivity index is 2.20. The van der Waals surface area contributed by atoms with Crippen LogP contribution in [-0.4, -0.2) is 55.0 Å². The first kappa shape index (κ1) is 21.8. The summed E-state index contributed by atoms with van der Waals surface area (Å²) in [6, 6.07) is 7.75. The highest BCUT2D eigenvalue weighted by atomic mass is 19.4. The Morgan fingerprint density at radius 2 is 1.87 bits per heavy atom. The molecule has 1 aromatic rings. The van der Waals surface area contributed by atoms with Gasteiger partial charge in [-0.2, -0.15) is 13.2 Å². The molecule has 1 aromatic carbocycles. The largest absolute Gasteiger partial charge is 0.463 e. The van der Waals surface area contributed by atoms with Crippen LogP contribution in [0.1, 0.15) is 24.2 Å². The fourth-order valence-corrected chi connectivity index (χ4v) is 4.11. The summed E-state index contributed by atoms with van der Waals surface area (Å²) in [6.45, 7) is 2.38. The Morgan fingerprint density at radius 3 is 2.40 bits per heavy atom. The lowest BCUT2D eigenvalue weighted by Crippen LogP contribution is -2.78. The van der Waals surface area contributed by atoms with Gasteiger partial charge in [0.15, 0.2) is 5.54 Å². The van der Waals surface area contributed by atoms with Crippen molar-refractivity contribution in [1.29, 1.82) is 0 Å². The van der Waals surface area contributed by atoms with E-state index < -0.39 is 52.8 Å². The molecule has 1 saturated heterocycles. The molecule has 1 aliphatic carbocycles. The molecule has 7 nitrogen and oxygen atoms in total. The minimum atomic E-state index is -5.13. The summed E-state index contributed by atoms with van der Waals surface area (Å²) in [4.78, 5) is 38.0. The van der Waals surface area contributed by atoms with Crippen LogP contribution in [-0.2, 0) is 23.8 Å². The Kier molecular flexibility index (Phi) is 5.40. The van der Waals surface area contributed by atoms with E-state index in [1.807, 2.05) is 0 Å². The second kappa shape index (κ2) is 7.42. The molecule has 0 radical (unpaired) electrons. The van der Waals surface area contributed by atoms with Crippen LogP contribution in [0.4, 0.5) is 13.2 Å². The number of benzene rings is 1. The number of carbonyl (C=O) groups excluding carboxylic acids is 3. The molecule has 2 bridgehead atoms. The third kappa shape index (κ3) is 2.97. The number of ether oxygens (including phenoxy) is 3. The van der Waals surface area contributed by atoms with Gasteiger partial charge in [-0.1, -0.05) is 25.1 Å². The minimum Gasteiger partial charge on any atom is -0.463 e. The smallest absolute Gasteiger partial charge is 0.433 e. The van der Waals surface area contributed by atoms with E-state index in [0.717, 1.165) is 20.1 Å². The van der Waals surface area contributed by atoms with Crippen molar-refractivity contribution in [3.8, 4) is 0 Å². The molecule has 0 aromatic heterocycles. The molecular formula is C20H20F3NO6. The van der Waals surface area contributed by atoms with Gasteiger partial charge < -0.3 is 19.5 Å². The maximum Gasteiger partial charge on any atom is 0.433 e. The first-order valence-corrected chi connectivity index (χ1v) is 9.16. The molecule has 0 spiro atoms. The average molecular weight is 427 g/mol. The van der Waals surface area contributed by atoms with Crippen LogP contribution in [0.2, 0.25) is 0 Å². The molecule has 3 aliphatic rings. The summed E-state index contributed by atoms with van der Waals surface area (Å²) in [5, 5.41) is 2.42. The Morgan fingerprint density at radius 1 is 1.23 bits per heavy atom. The van der Waals surface area contributed by atoms with E-state index in [-0.39, 0.29) is 12.2 Å². The van der Waals surface area contributed by atoms with E-state index in [1.54, 1.807) is 18.2 Å². The lowest BCUT2D eigenvalue weighted by atomic mass is 9.63. The SMILES string of the molecule is CCOC(=O)C1=CC2(NC(=O)c3ccccc3)C(=O)OC1(C(F)(F)F)C(C)C2OC. The van der Waals surface area contributed by atoms with Crippen molar-refractivity contribution in [1.82, 2.24) is 5.32 Å². The lowest BCUT2D eigenvalue weighted by Gasteiger charge is -2.56. The van der Waals surface area contributed by atoms with Crippen LogP contribution >= 0.6 is 0 Å². The summed E-state index contributed by atoms with van der Waals surface area (Å²) >= 11 is 0. The van der Waals surface area contributed by atoms with E-state index in [9.17, 15) is 27.6 Å². The maximum atomic E-state index is 14.2. The summed E-state index contributed by atoms with van der Waals surface area (Å²) in [5.74, 6) is -4.97. The molecule has 1 amide bonds. The molecule has 162 valence electrons. The van der Waals surface area contributed by atoms with Crippen LogP contribution in [0.5, 0.6) is 0 Å². The highest BCUT2D eigenvalue weighted by molar-refractivity contribution is 6.03. The van der Waals surface area contributed by atoms with E-state index in [1.165, 1.54) is 19.1 Å². The van der Waals surface area contributed by atoms with Gasteiger partial charge in [-0.25, -0.2) is 9.59 Å². The highest BCUT2D eigenvalue weighted by Gasteiger charge is 2.77. The first-order chi connectivity index (χ1) is 14.0. The van der Waals surface area contributed by atoms with E-state index in [2.05, 4.69) is 5.32 Å². The number of methoxy groups -OCH3 is 1. The zero-order chi connectivity index (χ0) is 22.3. The van der Waals surface area contributed by atoms with Gasteiger partial charge in [0.2, 0.25) is 5.60 Å². The van der Waals surface area contributed by atoms with Crippen molar-refractivity contribution in [2.45, 2.75) is 37.3 Å². The van der Waals surface area contributed by atoms with Gasteiger partial charge in [-0.05, 0) is 25.1 Å². The monoisotopic (exact) mass is 427 g/mol. The van der Waals surface area contributed by atoms with E-state index in [0.29, 0.717) is 0 Å². The number of hydrogen-bond acceptors (Lipinski definition) is 6. The second-order valence-electron chi connectivity index (χ2n) is 7.04. The van der Waals surface area contributed by atoms with Crippen molar-refractivity contribution in [2.24, 2.45) is 5.92 Å². The Labute approximate surface area is 170 Å². The van der Waals surface area contributed by atoms with Crippen molar-refractivity contribution in [3.63, 3.8) is 0 Å². The number of halogens is 3. The van der Waals surface area contributed by atoms with Gasteiger partial charge >= 0.3 is 18.1 Å². The molecule has 1 fully saturated rings. The number of fused-ring (bicyclic) bond motifs is 2. The number of alkyl halides is 3. The van der Waals surface area contributed by atoms with Crippen LogP contribution in [0, 0.1) is 5.92 Å². The zero-order valence-corrected chi connectivity index (χ0v) is 16.4. The molecule has 4 unspecified atom stereocenters. The summed E-state index contributed by atoms with van der Waals surface area (Å²) in [5.41, 5.74) is -6.14. The van der Waals surface area contributed by atoms with E-state index >= 15 is 0 Å². The number of carbonyl (C=O) groups is 3. The fourth-order valence-electron chi connectivity index (χ4n) is 4.11. The van der Waals surface area contributed by atoms with Crippen molar-refractivity contribution in [2.75, 3.05) is 13.7 Å². The third-order valence-electron chi connectivity index (χ3n) is 5.43. The van der Waals surface area contributed by atoms with Crippen LogP contribution < -0.4 is 5.32 Å². The van der Waals surface area contributed by atoms with Crippen molar-refractivity contribution in [3.05, 3.63) is 47.5 Å². The molecule has 10 heteroatoms. The van der Waals surface area contributed by atoms with Crippen molar-refractivity contribution < 1.29 is 41.8 Å². The molecule has 0 saturated carbocycles. The Hall–Kier alpha value is -2.88. The zero-order valence-electron chi connectivity index (χ0n) is 16.4.